The number of aromatic amines is 1. The first kappa shape index (κ1) is 18.6. The zero-order valence-electron chi connectivity index (χ0n) is 16.7. The lowest BCUT2D eigenvalue weighted by Gasteiger charge is -2.39. The van der Waals surface area contributed by atoms with Crippen LogP contribution in [0.3, 0.4) is 0 Å². The van der Waals surface area contributed by atoms with Crippen molar-refractivity contribution in [3.63, 3.8) is 0 Å². The summed E-state index contributed by atoms with van der Waals surface area (Å²) in [7, 11) is 0. The zero-order chi connectivity index (χ0) is 20.7. The number of rotatable bonds is 3. The van der Waals surface area contributed by atoms with E-state index in [4.69, 9.17) is 0 Å². The number of aliphatic imine (C=N–C) groups is 1. The Morgan fingerprint density at radius 1 is 1.10 bits per heavy atom. The predicted octanol–water partition coefficient (Wildman–Crippen LogP) is 3.01. The Morgan fingerprint density at radius 3 is 2.57 bits per heavy atom. The molecule has 1 saturated heterocycles. The van der Waals surface area contributed by atoms with E-state index in [1.807, 2.05) is 40.9 Å². The van der Waals surface area contributed by atoms with Gasteiger partial charge in [-0.1, -0.05) is 0 Å². The van der Waals surface area contributed by atoms with Crippen LogP contribution < -0.4 is 4.90 Å². The van der Waals surface area contributed by atoms with E-state index in [-0.39, 0.29) is 17.8 Å². The van der Waals surface area contributed by atoms with Gasteiger partial charge >= 0.3 is 0 Å². The van der Waals surface area contributed by atoms with E-state index >= 15 is 0 Å². The van der Waals surface area contributed by atoms with E-state index in [0.29, 0.717) is 26.2 Å². The summed E-state index contributed by atoms with van der Waals surface area (Å²) in [5.41, 5.74) is 2.72. The average Bonchev–Trinajstić information content (AvgIpc) is 3.45. The Hall–Kier alpha value is -3.42. The minimum absolute atomic E-state index is 0.0655. The third-order valence-corrected chi connectivity index (χ3v) is 5.96. The van der Waals surface area contributed by atoms with E-state index in [1.165, 1.54) is 12.1 Å². The quantitative estimate of drug-likeness (QED) is 0.727. The molecule has 30 heavy (non-hydrogen) atoms. The summed E-state index contributed by atoms with van der Waals surface area (Å²) in [4.78, 5) is 25.6. The summed E-state index contributed by atoms with van der Waals surface area (Å²) in [5, 5.41) is 4.45. The molecule has 0 aliphatic carbocycles. The largest absolute Gasteiger partial charge is 0.368 e. The molecule has 2 atom stereocenters. The van der Waals surface area contributed by atoms with E-state index in [0.717, 1.165) is 22.9 Å². The molecule has 1 aromatic carbocycles. The normalized spacial score (nSPS) is 21.3. The van der Waals surface area contributed by atoms with Crippen LogP contribution in [-0.2, 0) is 4.79 Å². The van der Waals surface area contributed by atoms with Gasteiger partial charge in [-0.2, -0.15) is 5.10 Å². The van der Waals surface area contributed by atoms with Gasteiger partial charge in [0.2, 0.25) is 5.91 Å². The SMILES string of the molecule is CC1=Nc2ccnn2C(c2ccc[nH]2)C1C(=O)N1CCN(c2ccc(F)cc2)CC1. The number of carbonyl (C=O) groups is 1. The van der Waals surface area contributed by atoms with E-state index in [1.54, 1.807) is 18.3 Å². The summed E-state index contributed by atoms with van der Waals surface area (Å²) in [6.07, 6.45) is 3.58. The molecule has 0 radical (unpaired) electrons. The van der Waals surface area contributed by atoms with Gasteiger partial charge in [0.15, 0.2) is 5.82 Å². The number of benzene rings is 1. The highest BCUT2D eigenvalue weighted by atomic mass is 19.1. The number of nitrogens with one attached hydrogen (secondary N) is 1. The Balaban J connectivity index is 1.37. The summed E-state index contributed by atoms with van der Waals surface area (Å²) >= 11 is 0. The van der Waals surface area contributed by atoms with Gasteiger partial charge in [-0.05, 0) is 43.3 Å². The first-order valence-electron chi connectivity index (χ1n) is 10.1. The highest BCUT2D eigenvalue weighted by molar-refractivity contribution is 6.05. The van der Waals surface area contributed by atoms with Gasteiger partial charge in [0.05, 0.1) is 6.20 Å². The number of halogens is 1. The highest BCUT2D eigenvalue weighted by Gasteiger charge is 2.41. The number of nitrogens with zero attached hydrogens (tertiary/aromatic N) is 5. The Kier molecular flexibility index (Phi) is 4.61. The maximum atomic E-state index is 13.6. The minimum atomic E-state index is -0.409. The molecular weight excluding hydrogens is 383 g/mol. The molecule has 154 valence electrons. The number of piperazine rings is 1. The molecular formula is C22H23FN6O. The Morgan fingerprint density at radius 2 is 1.87 bits per heavy atom. The fraction of sp³-hybridized carbons (Fsp3) is 0.318. The molecule has 0 spiro atoms. The van der Waals surface area contributed by atoms with Crippen molar-refractivity contribution in [2.45, 2.75) is 13.0 Å². The number of hydrogen-bond donors (Lipinski definition) is 1. The summed E-state index contributed by atoms with van der Waals surface area (Å²) in [6, 6.07) is 12.0. The van der Waals surface area contributed by atoms with Crippen LogP contribution in [0.2, 0.25) is 0 Å². The van der Waals surface area contributed by atoms with Crippen LogP contribution in [0.5, 0.6) is 0 Å². The number of anilines is 1. The van der Waals surface area contributed by atoms with Gasteiger partial charge in [-0.3, -0.25) is 4.79 Å². The standard InChI is InChI=1S/C22H23FN6O/c1-15-20(21(18-3-2-9-24-18)29-19(26-15)8-10-25-29)22(30)28-13-11-27(12-14-28)17-6-4-16(23)5-7-17/h2-10,20-21,24H,11-14H2,1H3. The van der Waals surface area contributed by atoms with Crippen molar-refractivity contribution in [1.82, 2.24) is 19.7 Å². The monoisotopic (exact) mass is 406 g/mol. The van der Waals surface area contributed by atoms with Gasteiger partial charge in [-0.15, -0.1) is 0 Å². The van der Waals surface area contributed by atoms with Crippen molar-refractivity contribution in [3.05, 3.63) is 66.4 Å². The molecule has 8 heteroatoms. The Labute approximate surface area is 173 Å². The van der Waals surface area contributed by atoms with Crippen molar-refractivity contribution in [2.24, 2.45) is 10.9 Å². The molecule has 1 N–H and O–H groups in total. The van der Waals surface area contributed by atoms with Crippen molar-refractivity contribution >= 4 is 23.1 Å². The van der Waals surface area contributed by atoms with Gasteiger partial charge in [0.25, 0.3) is 0 Å². The van der Waals surface area contributed by atoms with Crippen molar-refractivity contribution < 1.29 is 9.18 Å². The molecule has 5 rings (SSSR count). The van der Waals surface area contributed by atoms with Crippen LogP contribution in [0.1, 0.15) is 18.7 Å². The molecule has 7 nitrogen and oxygen atoms in total. The molecule has 3 aromatic rings. The van der Waals surface area contributed by atoms with Crippen LogP contribution >= 0.6 is 0 Å². The summed E-state index contributed by atoms with van der Waals surface area (Å²) in [5.74, 6) is 0.175. The first-order chi connectivity index (χ1) is 14.6. The van der Waals surface area contributed by atoms with Gasteiger partial charge in [0, 0.05) is 55.5 Å². The lowest BCUT2D eigenvalue weighted by Crippen LogP contribution is -2.53. The zero-order valence-corrected chi connectivity index (χ0v) is 16.7. The second-order valence-corrected chi connectivity index (χ2v) is 7.72. The molecule has 1 fully saturated rings. The lowest BCUT2D eigenvalue weighted by atomic mass is 9.89. The fourth-order valence-corrected chi connectivity index (χ4v) is 4.42. The molecule has 4 heterocycles. The van der Waals surface area contributed by atoms with E-state index < -0.39 is 5.92 Å². The van der Waals surface area contributed by atoms with Crippen LogP contribution in [0.15, 0.2) is 59.9 Å². The maximum Gasteiger partial charge on any atom is 0.234 e. The topological polar surface area (TPSA) is 69.5 Å². The van der Waals surface area contributed by atoms with E-state index in [9.17, 15) is 9.18 Å². The first-order valence-corrected chi connectivity index (χ1v) is 10.1. The summed E-state index contributed by atoms with van der Waals surface area (Å²) < 4.78 is 15.0. The number of H-pyrrole nitrogens is 1. The lowest BCUT2D eigenvalue weighted by molar-refractivity contribution is -0.134. The van der Waals surface area contributed by atoms with Crippen molar-refractivity contribution in [3.8, 4) is 0 Å². The fourth-order valence-electron chi connectivity index (χ4n) is 4.42. The molecule has 2 aliphatic heterocycles. The molecule has 1 amide bonds. The number of fused-ring (bicyclic) bond motifs is 1. The average molecular weight is 406 g/mol. The molecule has 2 aliphatic rings. The highest BCUT2D eigenvalue weighted by Crippen LogP contribution is 2.36. The minimum Gasteiger partial charge on any atom is -0.368 e. The second-order valence-electron chi connectivity index (χ2n) is 7.72. The third-order valence-electron chi connectivity index (χ3n) is 5.96. The predicted molar refractivity (Wildman–Crippen MR) is 113 cm³/mol. The second kappa shape index (κ2) is 7.44. The third kappa shape index (κ3) is 3.18. The van der Waals surface area contributed by atoms with Crippen LogP contribution in [0.25, 0.3) is 0 Å². The number of amides is 1. The molecule has 2 aromatic heterocycles. The number of carbonyl (C=O) groups excluding carboxylic acids is 1. The Bertz CT molecular complexity index is 1060. The van der Waals surface area contributed by atoms with Crippen LogP contribution in [0, 0.1) is 11.7 Å². The summed E-state index contributed by atoms with van der Waals surface area (Å²) in [6.45, 7) is 4.57. The molecule has 0 saturated carbocycles. The van der Waals surface area contributed by atoms with Crippen molar-refractivity contribution in [2.75, 3.05) is 31.1 Å². The smallest absolute Gasteiger partial charge is 0.234 e. The van der Waals surface area contributed by atoms with Crippen LogP contribution in [-0.4, -0.2) is 57.5 Å². The molecule has 2 unspecified atom stereocenters. The van der Waals surface area contributed by atoms with Gasteiger partial charge in [0.1, 0.15) is 17.8 Å². The number of hydrogen-bond acceptors (Lipinski definition) is 4. The van der Waals surface area contributed by atoms with Crippen LogP contribution in [0.4, 0.5) is 15.9 Å². The molecule has 0 bridgehead atoms. The number of aromatic nitrogens is 3. The maximum absolute atomic E-state index is 13.6. The van der Waals surface area contributed by atoms with Gasteiger partial charge < -0.3 is 14.8 Å². The van der Waals surface area contributed by atoms with Crippen molar-refractivity contribution in [1.29, 1.82) is 0 Å². The van der Waals surface area contributed by atoms with E-state index in [2.05, 4.69) is 20.0 Å². The van der Waals surface area contributed by atoms with Gasteiger partial charge in [-0.25, -0.2) is 14.1 Å².